The Bertz CT molecular complexity index is 826. The van der Waals surface area contributed by atoms with Gasteiger partial charge in [0.2, 0.25) is 0 Å². The molecule has 0 saturated heterocycles. The fourth-order valence-corrected chi connectivity index (χ4v) is 2.34. The lowest BCUT2D eigenvalue weighted by molar-refractivity contribution is -0.130. The van der Waals surface area contributed by atoms with Crippen molar-refractivity contribution in [2.75, 3.05) is 7.11 Å². The first-order chi connectivity index (χ1) is 11.4. The minimum Gasteiger partial charge on any atom is -0.437 e. The Labute approximate surface area is 144 Å². The van der Waals surface area contributed by atoms with E-state index in [2.05, 4.69) is 11.3 Å². The molecule has 0 fully saturated rings. The highest BCUT2D eigenvalue weighted by molar-refractivity contribution is 6.31. The van der Waals surface area contributed by atoms with E-state index in [1.165, 1.54) is 7.11 Å². The minimum absolute atomic E-state index is 0.284. The third kappa shape index (κ3) is 3.68. The lowest BCUT2D eigenvalue weighted by atomic mass is 10.0. The quantitative estimate of drug-likeness (QED) is 0.347. The highest BCUT2D eigenvalue weighted by atomic mass is 35.5. The van der Waals surface area contributed by atoms with Gasteiger partial charge >= 0.3 is 12.1 Å². The molecule has 0 N–H and O–H groups in total. The molecule has 0 amide bonds. The summed E-state index contributed by atoms with van der Waals surface area (Å²) >= 11 is 6.05. The molecule has 0 radical (unpaired) electrons. The van der Waals surface area contributed by atoms with Gasteiger partial charge in [0.15, 0.2) is 0 Å². The van der Waals surface area contributed by atoms with Crippen molar-refractivity contribution in [2.45, 2.75) is 20.3 Å². The predicted octanol–water partition coefficient (Wildman–Crippen LogP) is 4.68. The Kier molecular flexibility index (Phi) is 5.46. The van der Waals surface area contributed by atoms with Crippen LogP contribution in [0.4, 0.5) is 4.79 Å². The molecule has 0 aliphatic rings. The monoisotopic (exact) mass is 348 g/mol. The van der Waals surface area contributed by atoms with E-state index in [1.54, 1.807) is 31.2 Å². The lowest BCUT2D eigenvalue weighted by Crippen LogP contribution is -2.11. The highest BCUT2D eigenvalue weighted by Crippen LogP contribution is 2.39. The van der Waals surface area contributed by atoms with E-state index in [4.69, 9.17) is 21.1 Å². The van der Waals surface area contributed by atoms with Crippen LogP contribution >= 0.6 is 11.6 Å². The molecule has 0 aliphatic heterocycles. The minimum atomic E-state index is -0.843. The zero-order valence-electron chi connectivity index (χ0n) is 13.6. The largest absolute Gasteiger partial charge is 0.513 e. The molecular weight excluding hydrogens is 332 g/mol. The van der Waals surface area contributed by atoms with Gasteiger partial charge in [-0.2, -0.15) is 0 Å². The Morgan fingerprint density at radius 3 is 2.46 bits per heavy atom. The first-order valence-electron chi connectivity index (χ1n) is 7.26. The van der Waals surface area contributed by atoms with Gasteiger partial charge in [-0.05, 0) is 43.2 Å². The normalized spacial score (nSPS) is 10.3. The summed E-state index contributed by atoms with van der Waals surface area (Å²) in [5, 5.41) is 1.60. The number of halogens is 1. The summed E-state index contributed by atoms with van der Waals surface area (Å²) in [6.45, 7) is 7.06. The fourth-order valence-electron chi connectivity index (χ4n) is 2.17. The number of fused-ring (bicyclic) bond motifs is 1. The molecule has 0 atom stereocenters. The van der Waals surface area contributed by atoms with E-state index in [0.717, 1.165) is 0 Å². The number of rotatable bonds is 4. The van der Waals surface area contributed by atoms with E-state index in [1.807, 2.05) is 6.92 Å². The summed E-state index contributed by atoms with van der Waals surface area (Å²) in [5.41, 5.74) is 0.993. The summed E-state index contributed by atoms with van der Waals surface area (Å²) < 4.78 is 15.2. The maximum Gasteiger partial charge on any atom is 0.513 e. The van der Waals surface area contributed by atoms with E-state index in [-0.39, 0.29) is 11.3 Å². The summed E-state index contributed by atoms with van der Waals surface area (Å²) in [4.78, 5) is 23.4. The number of hydrogen-bond donors (Lipinski definition) is 0. The topological polar surface area (TPSA) is 61.8 Å². The van der Waals surface area contributed by atoms with Gasteiger partial charge in [-0.1, -0.05) is 25.1 Å². The van der Waals surface area contributed by atoms with Crippen molar-refractivity contribution in [3.05, 3.63) is 47.0 Å². The second kappa shape index (κ2) is 7.36. The Morgan fingerprint density at radius 2 is 1.88 bits per heavy atom. The van der Waals surface area contributed by atoms with Gasteiger partial charge in [0.05, 0.1) is 7.11 Å². The van der Waals surface area contributed by atoms with Gasteiger partial charge in [-0.15, -0.1) is 0 Å². The number of carbonyl (C=O) groups is 2. The maximum absolute atomic E-state index is 11.9. The standard InChI is InChI=1S/C18H17ClO5/c1-5-11-8-15(23-18(21)22-4)14-9-12(19)6-7-13(14)16(11)24-17(20)10(2)3/h6-9H,2,5H2,1,3-4H3. The zero-order chi connectivity index (χ0) is 17.9. The van der Waals surface area contributed by atoms with Crippen molar-refractivity contribution in [3.63, 3.8) is 0 Å². The number of aryl methyl sites for hydroxylation is 1. The molecule has 0 unspecified atom stereocenters. The Hall–Kier alpha value is -2.53. The van der Waals surface area contributed by atoms with Gasteiger partial charge in [-0.25, -0.2) is 9.59 Å². The van der Waals surface area contributed by atoms with Crippen molar-refractivity contribution >= 4 is 34.5 Å². The third-order valence-electron chi connectivity index (χ3n) is 3.37. The zero-order valence-corrected chi connectivity index (χ0v) is 14.4. The molecule has 126 valence electrons. The summed E-state index contributed by atoms with van der Waals surface area (Å²) in [6, 6.07) is 6.65. The van der Waals surface area contributed by atoms with Crippen LogP contribution in [0.5, 0.6) is 11.5 Å². The second-order valence-corrected chi connectivity index (χ2v) is 5.57. The van der Waals surface area contributed by atoms with E-state index in [0.29, 0.717) is 33.5 Å². The van der Waals surface area contributed by atoms with Crippen LogP contribution in [-0.4, -0.2) is 19.2 Å². The Balaban J connectivity index is 2.69. The third-order valence-corrected chi connectivity index (χ3v) is 3.61. The molecule has 0 heterocycles. The number of esters is 1. The predicted molar refractivity (Wildman–Crippen MR) is 91.8 cm³/mol. The van der Waals surface area contributed by atoms with E-state index < -0.39 is 12.1 Å². The molecule has 2 aromatic rings. The van der Waals surface area contributed by atoms with Crippen molar-refractivity contribution in [2.24, 2.45) is 0 Å². The number of benzene rings is 2. The SMILES string of the molecule is C=C(C)C(=O)Oc1c(CC)cc(OC(=O)OC)c2cc(Cl)ccc12. The first kappa shape index (κ1) is 17.8. The van der Waals surface area contributed by atoms with Crippen molar-refractivity contribution in [3.8, 4) is 11.5 Å². The maximum atomic E-state index is 11.9. The van der Waals surface area contributed by atoms with Gasteiger partial charge < -0.3 is 14.2 Å². The summed E-state index contributed by atoms with van der Waals surface area (Å²) in [5.74, 6) is 0.156. The molecule has 0 spiro atoms. The number of carbonyl (C=O) groups excluding carboxylic acids is 2. The molecule has 2 rings (SSSR count). The van der Waals surface area contributed by atoms with Gasteiger partial charge in [0.1, 0.15) is 11.5 Å². The van der Waals surface area contributed by atoms with Crippen LogP contribution < -0.4 is 9.47 Å². The van der Waals surface area contributed by atoms with Crippen LogP contribution in [0.25, 0.3) is 10.8 Å². The van der Waals surface area contributed by atoms with Gasteiger partial charge in [0.25, 0.3) is 0 Å². The molecule has 6 heteroatoms. The van der Waals surface area contributed by atoms with Crippen LogP contribution in [0.15, 0.2) is 36.4 Å². The van der Waals surface area contributed by atoms with Crippen LogP contribution in [0.2, 0.25) is 5.02 Å². The van der Waals surface area contributed by atoms with Crippen LogP contribution in [0, 0.1) is 0 Å². The Morgan fingerprint density at radius 1 is 1.17 bits per heavy atom. The summed E-state index contributed by atoms with van der Waals surface area (Å²) in [6.07, 6.45) is -0.278. The van der Waals surface area contributed by atoms with Crippen LogP contribution in [0.3, 0.4) is 0 Å². The van der Waals surface area contributed by atoms with Crippen molar-refractivity contribution in [1.82, 2.24) is 0 Å². The first-order valence-corrected chi connectivity index (χ1v) is 7.63. The van der Waals surface area contributed by atoms with E-state index in [9.17, 15) is 9.59 Å². The summed E-state index contributed by atoms with van der Waals surface area (Å²) in [7, 11) is 1.22. The molecule has 24 heavy (non-hydrogen) atoms. The smallest absolute Gasteiger partial charge is 0.437 e. The van der Waals surface area contributed by atoms with Gasteiger partial charge in [-0.3, -0.25) is 0 Å². The van der Waals surface area contributed by atoms with E-state index >= 15 is 0 Å². The molecule has 0 saturated carbocycles. The van der Waals surface area contributed by atoms with Crippen molar-refractivity contribution < 1.29 is 23.8 Å². The molecule has 5 nitrogen and oxygen atoms in total. The average molecular weight is 349 g/mol. The molecule has 2 aromatic carbocycles. The average Bonchev–Trinajstić information content (AvgIpc) is 2.56. The number of hydrogen-bond acceptors (Lipinski definition) is 5. The molecule has 0 aliphatic carbocycles. The highest BCUT2D eigenvalue weighted by Gasteiger charge is 2.19. The molecule has 0 bridgehead atoms. The van der Waals surface area contributed by atoms with Gasteiger partial charge in [0, 0.05) is 21.4 Å². The number of ether oxygens (including phenoxy) is 3. The number of methoxy groups -OCH3 is 1. The van der Waals surface area contributed by atoms with Crippen LogP contribution in [-0.2, 0) is 16.0 Å². The molecule has 0 aromatic heterocycles. The fraction of sp³-hybridized carbons (Fsp3) is 0.222. The van der Waals surface area contributed by atoms with Crippen LogP contribution in [0.1, 0.15) is 19.4 Å². The second-order valence-electron chi connectivity index (χ2n) is 5.13. The van der Waals surface area contributed by atoms with Crippen molar-refractivity contribution in [1.29, 1.82) is 0 Å². The lowest BCUT2D eigenvalue weighted by Gasteiger charge is -2.15. The molecular formula is C18H17ClO5.